The fourth-order valence-electron chi connectivity index (χ4n) is 2.15. The molecule has 0 saturated carbocycles. The van der Waals surface area contributed by atoms with Gasteiger partial charge in [-0.1, -0.05) is 26.8 Å². The van der Waals surface area contributed by atoms with E-state index in [4.69, 9.17) is 11.6 Å². The van der Waals surface area contributed by atoms with Crippen molar-refractivity contribution in [3.05, 3.63) is 28.8 Å². The number of nitrogens with zero attached hydrogens (tertiary/aromatic N) is 1. The Morgan fingerprint density at radius 3 is 2.19 bits per heavy atom. The van der Waals surface area contributed by atoms with Crippen LogP contribution in [-0.4, -0.2) is 25.8 Å². The Kier molecular flexibility index (Phi) is 5.51. The van der Waals surface area contributed by atoms with Gasteiger partial charge in [0.25, 0.3) is 0 Å². The van der Waals surface area contributed by atoms with Gasteiger partial charge in [-0.25, -0.2) is 8.42 Å². The van der Waals surface area contributed by atoms with Crippen molar-refractivity contribution in [1.82, 2.24) is 4.31 Å². The molecule has 0 aliphatic heterocycles. The Hall–Kier alpha value is -0.580. The van der Waals surface area contributed by atoms with Crippen molar-refractivity contribution < 1.29 is 8.42 Å². The zero-order chi connectivity index (χ0) is 16.6. The van der Waals surface area contributed by atoms with Gasteiger partial charge >= 0.3 is 0 Å². The number of aryl methyl sites for hydroxylation is 1. The van der Waals surface area contributed by atoms with E-state index in [0.717, 1.165) is 16.7 Å². The van der Waals surface area contributed by atoms with Crippen LogP contribution in [0.4, 0.5) is 0 Å². The number of halogens is 1. The van der Waals surface area contributed by atoms with Gasteiger partial charge in [0.1, 0.15) is 0 Å². The molecule has 0 spiro atoms. The molecule has 1 rings (SSSR count). The summed E-state index contributed by atoms with van der Waals surface area (Å²) in [4.78, 5) is 0.358. The third-order valence-corrected chi connectivity index (χ3v) is 6.65. The van der Waals surface area contributed by atoms with Crippen LogP contribution < -0.4 is 0 Å². The molecule has 1 aromatic rings. The first-order chi connectivity index (χ1) is 9.42. The minimum Gasteiger partial charge on any atom is -0.207 e. The molecule has 0 aromatic heterocycles. The molecule has 0 fully saturated rings. The summed E-state index contributed by atoms with van der Waals surface area (Å²) in [5.41, 5.74) is 2.44. The molecule has 3 nitrogen and oxygen atoms in total. The van der Waals surface area contributed by atoms with Gasteiger partial charge < -0.3 is 0 Å². The molecular formula is C16H26ClNO2S. The summed E-state index contributed by atoms with van der Waals surface area (Å²) < 4.78 is 27.4. The first-order valence-electron chi connectivity index (χ1n) is 7.07. The average Bonchev–Trinajstić information content (AvgIpc) is 2.38. The third kappa shape index (κ3) is 3.79. The maximum Gasteiger partial charge on any atom is 0.243 e. The summed E-state index contributed by atoms with van der Waals surface area (Å²) in [6.07, 6.45) is 0. The van der Waals surface area contributed by atoms with Crippen LogP contribution in [0.2, 0.25) is 0 Å². The van der Waals surface area contributed by atoms with Crippen LogP contribution in [0.25, 0.3) is 0 Å². The maximum absolute atomic E-state index is 12.9. The Labute approximate surface area is 134 Å². The van der Waals surface area contributed by atoms with Crippen LogP contribution in [0.5, 0.6) is 0 Å². The van der Waals surface area contributed by atoms with Crippen LogP contribution >= 0.6 is 11.6 Å². The molecule has 1 atom stereocenters. The van der Waals surface area contributed by atoms with Crippen LogP contribution in [0.3, 0.4) is 0 Å². The summed E-state index contributed by atoms with van der Waals surface area (Å²) >= 11 is 5.88. The average molecular weight is 332 g/mol. The first kappa shape index (κ1) is 18.5. The predicted octanol–water partition coefficient (Wildman–Crippen LogP) is 4.10. The molecule has 0 radical (unpaired) electrons. The van der Waals surface area contributed by atoms with E-state index in [1.54, 1.807) is 13.1 Å². The maximum atomic E-state index is 12.9. The summed E-state index contributed by atoms with van der Waals surface area (Å²) in [5.74, 6) is 0.308. The van der Waals surface area contributed by atoms with Crippen molar-refractivity contribution >= 4 is 21.6 Å². The number of benzene rings is 1. The second-order valence-electron chi connectivity index (χ2n) is 6.73. The van der Waals surface area contributed by atoms with Gasteiger partial charge in [0.2, 0.25) is 10.0 Å². The van der Waals surface area contributed by atoms with Gasteiger partial charge in [0.05, 0.1) is 4.90 Å². The number of alkyl halides is 1. The van der Waals surface area contributed by atoms with Crippen LogP contribution in [0, 0.1) is 19.3 Å². The number of hydrogen-bond acceptors (Lipinski definition) is 2. The van der Waals surface area contributed by atoms with Crippen molar-refractivity contribution in [1.29, 1.82) is 0 Å². The van der Waals surface area contributed by atoms with Gasteiger partial charge in [-0.15, -0.1) is 11.6 Å². The van der Waals surface area contributed by atoms with Crippen molar-refractivity contribution in [2.45, 2.75) is 58.4 Å². The molecule has 0 heterocycles. The lowest BCUT2D eigenvalue weighted by Gasteiger charge is -2.35. The van der Waals surface area contributed by atoms with Crippen molar-refractivity contribution in [2.24, 2.45) is 5.41 Å². The van der Waals surface area contributed by atoms with Crippen LogP contribution in [-0.2, 0) is 15.9 Å². The Morgan fingerprint density at radius 1 is 1.24 bits per heavy atom. The minimum atomic E-state index is -3.53. The van der Waals surface area contributed by atoms with Crippen molar-refractivity contribution in [2.75, 3.05) is 7.05 Å². The summed E-state index contributed by atoms with van der Waals surface area (Å²) in [6.45, 7) is 11.8. The summed E-state index contributed by atoms with van der Waals surface area (Å²) in [7, 11) is -1.89. The molecule has 0 aliphatic carbocycles. The molecule has 0 N–H and O–H groups in total. The number of hydrogen-bond donors (Lipinski definition) is 0. The van der Waals surface area contributed by atoms with Crippen LogP contribution in [0.1, 0.15) is 44.4 Å². The summed E-state index contributed by atoms with van der Waals surface area (Å²) in [6, 6.07) is 3.52. The molecule has 1 unspecified atom stereocenters. The zero-order valence-electron chi connectivity index (χ0n) is 14.0. The standard InChI is InChI=1S/C16H26ClNO2S/c1-11-8-14(10-17)9-15(12(11)2)21(19,20)18(7)13(3)16(4,5)6/h8-9,13H,10H2,1-7H3. The molecule has 120 valence electrons. The molecule has 0 aliphatic rings. The Balaban J connectivity index is 3.41. The van der Waals surface area contributed by atoms with Gasteiger partial charge in [0.15, 0.2) is 0 Å². The molecule has 0 bridgehead atoms. The van der Waals surface area contributed by atoms with Crippen molar-refractivity contribution in [3.63, 3.8) is 0 Å². The highest BCUT2D eigenvalue weighted by molar-refractivity contribution is 7.89. The monoisotopic (exact) mass is 331 g/mol. The molecule has 5 heteroatoms. The van der Waals surface area contributed by atoms with E-state index in [1.165, 1.54) is 4.31 Å². The second-order valence-corrected chi connectivity index (χ2v) is 8.97. The number of sulfonamides is 1. The lowest BCUT2D eigenvalue weighted by atomic mass is 9.88. The van der Waals surface area contributed by atoms with Crippen LogP contribution in [0.15, 0.2) is 17.0 Å². The molecule has 1 aromatic carbocycles. The van der Waals surface area contributed by atoms with E-state index < -0.39 is 10.0 Å². The first-order valence-corrected chi connectivity index (χ1v) is 9.04. The van der Waals surface area contributed by atoms with Gasteiger partial charge in [0, 0.05) is 19.0 Å². The molecule has 0 saturated heterocycles. The zero-order valence-corrected chi connectivity index (χ0v) is 15.6. The Morgan fingerprint density at radius 2 is 1.76 bits per heavy atom. The van der Waals surface area contributed by atoms with E-state index in [1.807, 2.05) is 47.6 Å². The van der Waals surface area contributed by atoms with E-state index in [0.29, 0.717) is 10.8 Å². The van der Waals surface area contributed by atoms with E-state index in [2.05, 4.69) is 0 Å². The fourth-order valence-corrected chi connectivity index (χ4v) is 4.20. The fraction of sp³-hybridized carbons (Fsp3) is 0.625. The van der Waals surface area contributed by atoms with E-state index in [-0.39, 0.29) is 11.5 Å². The van der Waals surface area contributed by atoms with E-state index in [9.17, 15) is 8.42 Å². The lowest BCUT2D eigenvalue weighted by molar-refractivity contribution is 0.216. The van der Waals surface area contributed by atoms with Gasteiger partial charge in [-0.2, -0.15) is 4.31 Å². The predicted molar refractivity (Wildman–Crippen MR) is 89.3 cm³/mol. The lowest BCUT2D eigenvalue weighted by Crippen LogP contribution is -2.43. The highest BCUT2D eigenvalue weighted by atomic mass is 35.5. The minimum absolute atomic E-state index is 0.109. The van der Waals surface area contributed by atoms with Crippen molar-refractivity contribution in [3.8, 4) is 0 Å². The highest BCUT2D eigenvalue weighted by Crippen LogP contribution is 2.30. The second kappa shape index (κ2) is 6.27. The smallest absolute Gasteiger partial charge is 0.207 e. The normalized spacial score (nSPS) is 14.5. The Bertz CT molecular complexity index is 618. The van der Waals surface area contributed by atoms with Gasteiger partial charge in [-0.05, 0) is 48.9 Å². The van der Waals surface area contributed by atoms with E-state index >= 15 is 0 Å². The molecular weight excluding hydrogens is 306 g/mol. The summed E-state index contributed by atoms with van der Waals surface area (Å²) in [5, 5.41) is 0. The third-order valence-electron chi connectivity index (χ3n) is 4.29. The van der Waals surface area contributed by atoms with Gasteiger partial charge in [-0.3, -0.25) is 0 Å². The quantitative estimate of drug-likeness (QED) is 0.779. The SMILES string of the molecule is Cc1cc(CCl)cc(S(=O)(=O)N(C)C(C)C(C)(C)C)c1C. The highest BCUT2D eigenvalue weighted by Gasteiger charge is 2.33. The largest absolute Gasteiger partial charge is 0.243 e. The number of rotatable bonds is 4. The topological polar surface area (TPSA) is 37.4 Å². The molecule has 21 heavy (non-hydrogen) atoms. The molecule has 0 amide bonds.